The number of nitrogens with one attached hydrogen (secondary N) is 1. The van der Waals surface area contributed by atoms with Crippen LogP contribution in [0.5, 0.6) is 0 Å². The third kappa shape index (κ3) is 1.67. The Kier molecular flexibility index (Phi) is 2.86. The summed E-state index contributed by atoms with van der Waals surface area (Å²) < 4.78 is 28.6. The molecule has 0 spiro atoms. The zero-order valence-corrected chi connectivity index (χ0v) is 10.9. The molecular weight excluding hydrogens is 266 g/mol. The van der Waals surface area contributed by atoms with Gasteiger partial charge in [0.15, 0.2) is 0 Å². The molecule has 0 unspecified atom stereocenters. The number of carbonyl (C=O) groups is 2. The third-order valence-corrected chi connectivity index (χ3v) is 4.03. The first-order chi connectivity index (χ1) is 9.44. The zero-order valence-electron chi connectivity index (χ0n) is 10.9. The van der Waals surface area contributed by atoms with Crippen molar-refractivity contribution in [2.24, 2.45) is 5.92 Å². The zero-order chi connectivity index (χ0) is 14.5. The number of hydrogen-bond donors (Lipinski definition) is 1. The van der Waals surface area contributed by atoms with Gasteiger partial charge in [-0.2, -0.15) is 0 Å². The molecule has 0 radical (unpaired) electrons. The maximum atomic E-state index is 14.3. The summed E-state index contributed by atoms with van der Waals surface area (Å²) >= 11 is 0. The van der Waals surface area contributed by atoms with E-state index < -0.39 is 29.7 Å². The van der Waals surface area contributed by atoms with E-state index in [4.69, 9.17) is 0 Å². The Morgan fingerprint density at radius 2 is 1.70 bits per heavy atom. The fourth-order valence-electron chi connectivity index (χ4n) is 2.79. The monoisotopic (exact) mass is 280 g/mol. The molecule has 0 bridgehead atoms. The maximum Gasteiger partial charge on any atom is 0.273 e. The second-order valence-corrected chi connectivity index (χ2v) is 5.28. The summed E-state index contributed by atoms with van der Waals surface area (Å²) in [6.07, 6.45) is 0. The van der Waals surface area contributed by atoms with Gasteiger partial charge in [0.1, 0.15) is 6.04 Å². The Hall–Kier alpha value is -1.82. The molecule has 1 N–H and O–H groups in total. The number of rotatable bonds is 1. The molecule has 2 aliphatic rings. The molecule has 0 saturated carbocycles. The first-order valence-corrected chi connectivity index (χ1v) is 6.50. The number of carbonyl (C=O) groups excluding carboxylic acids is 2. The van der Waals surface area contributed by atoms with Gasteiger partial charge in [-0.25, -0.2) is 8.78 Å². The number of halogens is 2. The van der Waals surface area contributed by atoms with Crippen molar-refractivity contribution in [2.45, 2.75) is 18.9 Å². The summed E-state index contributed by atoms with van der Waals surface area (Å²) in [6.45, 7) is 1.51. The Morgan fingerprint density at radius 1 is 1.15 bits per heavy atom. The van der Waals surface area contributed by atoms with Gasteiger partial charge in [-0.15, -0.1) is 0 Å². The molecule has 1 aromatic carbocycles. The van der Waals surface area contributed by atoms with Crippen molar-refractivity contribution in [1.82, 2.24) is 10.2 Å². The van der Waals surface area contributed by atoms with Gasteiger partial charge >= 0.3 is 0 Å². The van der Waals surface area contributed by atoms with Gasteiger partial charge in [-0.05, 0) is 12.1 Å². The van der Waals surface area contributed by atoms with Gasteiger partial charge in [-0.1, -0.05) is 19.1 Å². The number of benzene rings is 1. The van der Waals surface area contributed by atoms with E-state index in [0.717, 1.165) is 0 Å². The van der Waals surface area contributed by atoms with Crippen molar-refractivity contribution < 1.29 is 18.4 Å². The number of nitrogens with zero attached hydrogens (tertiary/aromatic N) is 1. The van der Waals surface area contributed by atoms with Crippen LogP contribution in [0.4, 0.5) is 8.78 Å². The highest BCUT2D eigenvalue weighted by Gasteiger charge is 2.55. The van der Waals surface area contributed by atoms with E-state index in [1.807, 2.05) is 0 Å². The third-order valence-electron chi connectivity index (χ3n) is 4.03. The van der Waals surface area contributed by atoms with Gasteiger partial charge < -0.3 is 5.32 Å². The summed E-state index contributed by atoms with van der Waals surface area (Å²) in [7, 11) is 0. The van der Waals surface area contributed by atoms with Crippen LogP contribution >= 0.6 is 0 Å². The van der Waals surface area contributed by atoms with Crippen LogP contribution in [0.15, 0.2) is 24.3 Å². The molecule has 2 aliphatic heterocycles. The Bertz CT molecular complexity index is 553. The van der Waals surface area contributed by atoms with Crippen LogP contribution in [0.2, 0.25) is 0 Å². The molecule has 2 heterocycles. The van der Waals surface area contributed by atoms with Crippen LogP contribution < -0.4 is 5.32 Å². The highest BCUT2D eigenvalue weighted by Crippen LogP contribution is 2.37. The molecule has 2 amide bonds. The van der Waals surface area contributed by atoms with E-state index in [9.17, 15) is 18.4 Å². The van der Waals surface area contributed by atoms with E-state index in [0.29, 0.717) is 4.90 Å². The summed E-state index contributed by atoms with van der Waals surface area (Å²) in [5.74, 6) is -5.28. The van der Waals surface area contributed by atoms with Gasteiger partial charge in [0.2, 0.25) is 0 Å². The molecule has 1 fully saturated rings. The second kappa shape index (κ2) is 4.34. The van der Waals surface area contributed by atoms with Gasteiger partial charge in [0, 0.05) is 19.0 Å². The highest BCUT2D eigenvalue weighted by atomic mass is 19.3. The SMILES string of the molecule is C[C@H]1CNC[C@@H](N2C(=O)c3ccccc3C2=O)C1(F)F. The first-order valence-electron chi connectivity index (χ1n) is 6.50. The molecule has 6 heteroatoms. The fourth-order valence-corrected chi connectivity index (χ4v) is 2.79. The standard InChI is InChI=1S/C14H14F2N2O2/c1-8-6-17-7-11(14(8,15)16)18-12(19)9-4-2-3-5-10(9)13(18)20/h2-5,8,11,17H,6-7H2,1H3/t8-,11+/m0/s1. The van der Waals surface area contributed by atoms with Gasteiger partial charge in [-0.3, -0.25) is 14.5 Å². The van der Waals surface area contributed by atoms with Crippen molar-refractivity contribution in [3.8, 4) is 0 Å². The largest absolute Gasteiger partial charge is 0.314 e. The van der Waals surface area contributed by atoms with E-state index in [-0.39, 0.29) is 24.2 Å². The highest BCUT2D eigenvalue weighted by molar-refractivity contribution is 6.21. The lowest BCUT2D eigenvalue weighted by Gasteiger charge is -2.40. The minimum absolute atomic E-state index is 0.0805. The molecule has 1 aromatic rings. The predicted octanol–water partition coefficient (Wildman–Crippen LogP) is 1.53. The molecule has 0 aliphatic carbocycles. The lowest BCUT2D eigenvalue weighted by Crippen LogP contribution is -2.62. The second-order valence-electron chi connectivity index (χ2n) is 5.28. The van der Waals surface area contributed by atoms with E-state index in [1.165, 1.54) is 19.1 Å². The minimum Gasteiger partial charge on any atom is -0.314 e. The van der Waals surface area contributed by atoms with E-state index >= 15 is 0 Å². The quantitative estimate of drug-likeness (QED) is 0.794. The molecular formula is C14H14F2N2O2. The predicted molar refractivity (Wildman–Crippen MR) is 67.7 cm³/mol. The average molecular weight is 280 g/mol. The molecule has 3 rings (SSSR count). The van der Waals surface area contributed by atoms with Gasteiger partial charge in [0.25, 0.3) is 17.7 Å². The number of alkyl halides is 2. The fraction of sp³-hybridized carbons (Fsp3) is 0.429. The van der Waals surface area contributed by atoms with Crippen LogP contribution in [0, 0.1) is 5.92 Å². The Labute approximate surface area is 114 Å². The van der Waals surface area contributed by atoms with Gasteiger partial charge in [0.05, 0.1) is 11.1 Å². The molecule has 1 saturated heterocycles. The smallest absolute Gasteiger partial charge is 0.273 e. The molecule has 4 nitrogen and oxygen atoms in total. The number of imide groups is 1. The number of amides is 2. The summed E-state index contributed by atoms with van der Waals surface area (Å²) in [5.41, 5.74) is 0.401. The Balaban J connectivity index is 2.00. The van der Waals surface area contributed by atoms with Crippen LogP contribution in [0.25, 0.3) is 0 Å². The normalized spacial score (nSPS) is 28.6. The average Bonchev–Trinajstić information content (AvgIpc) is 2.67. The van der Waals surface area contributed by atoms with Crippen molar-refractivity contribution in [3.63, 3.8) is 0 Å². The van der Waals surface area contributed by atoms with Crippen molar-refractivity contribution >= 4 is 11.8 Å². The van der Waals surface area contributed by atoms with E-state index in [1.54, 1.807) is 12.1 Å². The van der Waals surface area contributed by atoms with Crippen LogP contribution in [0.3, 0.4) is 0 Å². The minimum atomic E-state index is -3.08. The van der Waals surface area contributed by atoms with Crippen LogP contribution in [-0.4, -0.2) is 41.8 Å². The number of fused-ring (bicyclic) bond motifs is 1. The lowest BCUT2D eigenvalue weighted by atomic mass is 9.91. The maximum absolute atomic E-state index is 14.3. The number of hydrogen-bond acceptors (Lipinski definition) is 3. The van der Waals surface area contributed by atoms with Crippen LogP contribution in [-0.2, 0) is 0 Å². The van der Waals surface area contributed by atoms with Crippen molar-refractivity contribution in [1.29, 1.82) is 0 Å². The van der Waals surface area contributed by atoms with Crippen molar-refractivity contribution in [3.05, 3.63) is 35.4 Å². The summed E-state index contributed by atoms with van der Waals surface area (Å²) in [5, 5.41) is 2.86. The summed E-state index contributed by atoms with van der Waals surface area (Å²) in [6, 6.07) is 4.79. The van der Waals surface area contributed by atoms with E-state index in [2.05, 4.69) is 5.32 Å². The van der Waals surface area contributed by atoms with Crippen molar-refractivity contribution in [2.75, 3.05) is 13.1 Å². The van der Waals surface area contributed by atoms with Crippen LogP contribution in [0.1, 0.15) is 27.6 Å². The molecule has 0 aromatic heterocycles. The number of piperidine rings is 1. The summed E-state index contributed by atoms with van der Waals surface area (Å²) in [4.78, 5) is 25.2. The molecule has 20 heavy (non-hydrogen) atoms. The Morgan fingerprint density at radius 3 is 2.25 bits per heavy atom. The first kappa shape index (κ1) is 13.2. The lowest BCUT2D eigenvalue weighted by molar-refractivity contribution is -0.117. The topological polar surface area (TPSA) is 49.4 Å². The molecule has 106 valence electrons. The molecule has 2 atom stereocenters.